The topological polar surface area (TPSA) is 107 Å². The second kappa shape index (κ2) is 5.48. The number of carbonyl (C=O) groups is 2. The van der Waals surface area contributed by atoms with E-state index in [1.807, 2.05) is 0 Å². The monoisotopic (exact) mass is 283 g/mol. The summed E-state index contributed by atoms with van der Waals surface area (Å²) in [5.41, 5.74) is 11.4. The van der Waals surface area contributed by atoms with Crippen LogP contribution in [-0.4, -0.2) is 25.0 Å². The fraction of sp³-hybridized carbons (Fsp3) is 0.500. The van der Waals surface area contributed by atoms with Crippen LogP contribution < -0.4 is 16.8 Å². The molecule has 0 aliphatic heterocycles. The molecule has 2 rings (SSSR count). The number of thiophene rings is 1. The number of hydrogen-bond acceptors (Lipinski definition) is 6. The number of nitrogen functional groups attached to an aromatic ring is 1. The minimum Gasteiger partial charge on any atom is -0.465 e. The number of amides is 1. The lowest BCUT2D eigenvalue weighted by molar-refractivity contribution is 0.0603. The molecule has 1 aromatic heterocycles. The largest absolute Gasteiger partial charge is 0.465 e. The van der Waals surface area contributed by atoms with E-state index in [4.69, 9.17) is 16.2 Å². The number of nitrogens with one attached hydrogen (secondary N) is 1. The first kappa shape index (κ1) is 13.7. The average molecular weight is 283 g/mol. The summed E-state index contributed by atoms with van der Waals surface area (Å²) in [7, 11) is 1.28. The minimum absolute atomic E-state index is 0.102. The molecule has 1 aliphatic carbocycles. The van der Waals surface area contributed by atoms with Gasteiger partial charge < -0.3 is 21.5 Å². The Bertz CT molecular complexity index is 507. The third-order valence-corrected chi connectivity index (χ3v) is 4.40. The summed E-state index contributed by atoms with van der Waals surface area (Å²) in [5, 5.41) is 3.84. The lowest BCUT2D eigenvalue weighted by atomic mass is 10.2. The normalized spacial score (nSPS) is 15.4. The first-order chi connectivity index (χ1) is 9.04. The number of anilines is 2. The van der Waals surface area contributed by atoms with Gasteiger partial charge in [-0.05, 0) is 12.8 Å². The molecule has 1 fully saturated rings. The highest BCUT2D eigenvalue weighted by molar-refractivity contribution is 7.19. The van der Waals surface area contributed by atoms with E-state index < -0.39 is 11.9 Å². The summed E-state index contributed by atoms with van der Waals surface area (Å²) < 4.78 is 4.71. The fourth-order valence-electron chi connectivity index (χ4n) is 2.29. The molecular weight excluding hydrogens is 266 g/mol. The maximum Gasteiger partial charge on any atom is 0.343 e. The number of hydrogen-bond donors (Lipinski definition) is 3. The van der Waals surface area contributed by atoms with Gasteiger partial charge in [0.05, 0.1) is 12.8 Å². The Labute approximate surface area is 115 Å². The number of carbonyl (C=O) groups excluding carboxylic acids is 2. The second-order valence-electron chi connectivity index (χ2n) is 4.53. The van der Waals surface area contributed by atoms with E-state index in [0.29, 0.717) is 11.0 Å². The van der Waals surface area contributed by atoms with Gasteiger partial charge in [-0.3, -0.25) is 4.79 Å². The molecule has 1 aliphatic rings. The van der Waals surface area contributed by atoms with Crippen LogP contribution in [0.4, 0.5) is 10.7 Å². The van der Waals surface area contributed by atoms with Gasteiger partial charge >= 0.3 is 5.97 Å². The number of methoxy groups -OCH3 is 1. The predicted molar refractivity (Wildman–Crippen MR) is 74.5 cm³/mol. The van der Waals surface area contributed by atoms with Gasteiger partial charge in [-0.15, -0.1) is 11.3 Å². The molecule has 19 heavy (non-hydrogen) atoms. The van der Waals surface area contributed by atoms with E-state index in [2.05, 4.69) is 5.32 Å². The van der Waals surface area contributed by atoms with Gasteiger partial charge in [-0.1, -0.05) is 12.8 Å². The molecule has 0 atom stereocenters. The molecule has 0 radical (unpaired) electrons. The van der Waals surface area contributed by atoms with Crippen molar-refractivity contribution in [2.75, 3.05) is 18.2 Å². The van der Waals surface area contributed by atoms with Crippen LogP contribution in [0.3, 0.4) is 0 Å². The molecule has 0 spiro atoms. The number of nitrogens with two attached hydrogens (primary N) is 2. The third-order valence-electron chi connectivity index (χ3n) is 3.25. The zero-order valence-corrected chi connectivity index (χ0v) is 11.5. The molecule has 6 nitrogen and oxygen atoms in total. The van der Waals surface area contributed by atoms with Crippen LogP contribution in [0.2, 0.25) is 0 Å². The van der Waals surface area contributed by atoms with Crippen LogP contribution in [0, 0.1) is 0 Å². The highest BCUT2D eigenvalue weighted by Gasteiger charge is 2.27. The van der Waals surface area contributed by atoms with Crippen LogP contribution in [-0.2, 0) is 4.74 Å². The summed E-state index contributed by atoms with van der Waals surface area (Å²) in [6.45, 7) is 0. The van der Waals surface area contributed by atoms with E-state index in [0.717, 1.165) is 37.0 Å². The Morgan fingerprint density at radius 3 is 2.53 bits per heavy atom. The van der Waals surface area contributed by atoms with Crippen molar-refractivity contribution in [1.29, 1.82) is 0 Å². The SMILES string of the molecule is COC(=O)c1c(NC2CCCC2)sc(C(N)=O)c1N. The molecule has 1 amide bonds. The number of primary amides is 1. The molecule has 0 aromatic carbocycles. The van der Waals surface area contributed by atoms with Crippen molar-refractivity contribution in [3.63, 3.8) is 0 Å². The van der Waals surface area contributed by atoms with E-state index in [-0.39, 0.29) is 16.1 Å². The van der Waals surface area contributed by atoms with Crippen LogP contribution in [0.25, 0.3) is 0 Å². The smallest absolute Gasteiger partial charge is 0.343 e. The van der Waals surface area contributed by atoms with Crippen molar-refractivity contribution in [1.82, 2.24) is 0 Å². The summed E-state index contributed by atoms with van der Waals surface area (Å²) in [6.07, 6.45) is 4.41. The van der Waals surface area contributed by atoms with Gasteiger partial charge in [0.1, 0.15) is 15.4 Å². The van der Waals surface area contributed by atoms with Gasteiger partial charge in [0.15, 0.2) is 0 Å². The number of ether oxygens (including phenoxy) is 1. The van der Waals surface area contributed by atoms with Gasteiger partial charge in [0.25, 0.3) is 5.91 Å². The van der Waals surface area contributed by atoms with Crippen LogP contribution in [0.1, 0.15) is 45.7 Å². The van der Waals surface area contributed by atoms with Crippen molar-refractivity contribution < 1.29 is 14.3 Å². The van der Waals surface area contributed by atoms with Crippen LogP contribution >= 0.6 is 11.3 Å². The van der Waals surface area contributed by atoms with E-state index in [1.165, 1.54) is 7.11 Å². The lowest BCUT2D eigenvalue weighted by Gasteiger charge is -2.12. The Morgan fingerprint density at radius 2 is 2.00 bits per heavy atom. The van der Waals surface area contributed by atoms with Crippen molar-refractivity contribution in [2.24, 2.45) is 5.73 Å². The van der Waals surface area contributed by atoms with Crippen molar-refractivity contribution in [3.05, 3.63) is 10.4 Å². The van der Waals surface area contributed by atoms with Crippen molar-refractivity contribution in [3.8, 4) is 0 Å². The molecule has 5 N–H and O–H groups in total. The first-order valence-corrected chi connectivity index (χ1v) is 6.93. The van der Waals surface area contributed by atoms with Crippen molar-refractivity contribution in [2.45, 2.75) is 31.7 Å². The van der Waals surface area contributed by atoms with Crippen LogP contribution in [0.5, 0.6) is 0 Å². The molecule has 1 heterocycles. The quantitative estimate of drug-likeness (QED) is 0.727. The zero-order chi connectivity index (χ0) is 14.0. The Hall–Kier alpha value is -1.76. The highest BCUT2D eigenvalue weighted by Crippen LogP contribution is 2.37. The predicted octanol–water partition coefficient (Wildman–Crippen LogP) is 1.57. The van der Waals surface area contributed by atoms with Gasteiger partial charge in [0, 0.05) is 6.04 Å². The molecule has 1 saturated carbocycles. The molecule has 0 saturated heterocycles. The highest BCUT2D eigenvalue weighted by atomic mass is 32.1. The van der Waals surface area contributed by atoms with E-state index >= 15 is 0 Å². The maximum atomic E-state index is 11.8. The first-order valence-electron chi connectivity index (χ1n) is 6.11. The van der Waals surface area contributed by atoms with E-state index in [9.17, 15) is 9.59 Å². The molecule has 104 valence electrons. The second-order valence-corrected chi connectivity index (χ2v) is 5.55. The maximum absolute atomic E-state index is 11.8. The van der Waals surface area contributed by atoms with E-state index in [1.54, 1.807) is 0 Å². The summed E-state index contributed by atoms with van der Waals surface area (Å²) in [5.74, 6) is -1.19. The third kappa shape index (κ3) is 2.65. The average Bonchev–Trinajstić information content (AvgIpc) is 2.97. The van der Waals surface area contributed by atoms with Gasteiger partial charge in [0.2, 0.25) is 0 Å². The molecule has 1 aromatic rings. The Kier molecular flexibility index (Phi) is 3.94. The Morgan fingerprint density at radius 1 is 1.37 bits per heavy atom. The zero-order valence-electron chi connectivity index (χ0n) is 10.7. The Balaban J connectivity index is 2.36. The number of esters is 1. The lowest BCUT2D eigenvalue weighted by Crippen LogP contribution is -2.16. The summed E-state index contributed by atoms with van der Waals surface area (Å²) in [6, 6.07) is 0.308. The van der Waals surface area contributed by atoms with Gasteiger partial charge in [-0.2, -0.15) is 0 Å². The fourth-order valence-corrected chi connectivity index (χ4v) is 3.33. The summed E-state index contributed by atoms with van der Waals surface area (Å²) in [4.78, 5) is 23.3. The van der Waals surface area contributed by atoms with Crippen LogP contribution in [0.15, 0.2) is 0 Å². The van der Waals surface area contributed by atoms with Crippen molar-refractivity contribution >= 4 is 33.9 Å². The molecular formula is C12H17N3O3S. The van der Waals surface area contributed by atoms with Gasteiger partial charge in [-0.25, -0.2) is 4.79 Å². The molecule has 7 heteroatoms. The minimum atomic E-state index is -0.632. The standard InChI is InChI=1S/C12H17N3O3S/c1-18-12(17)7-8(13)9(10(14)16)19-11(7)15-6-4-2-3-5-6/h6,15H,2-5,13H2,1H3,(H2,14,16). The molecule has 0 unspecified atom stereocenters. The molecule has 0 bridgehead atoms. The number of rotatable bonds is 4. The summed E-state index contributed by atoms with van der Waals surface area (Å²) >= 11 is 1.11.